The molecule has 0 aliphatic heterocycles. The number of nitrogens with one attached hydrogen (secondary N) is 1. The Morgan fingerprint density at radius 1 is 1.20 bits per heavy atom. The highest BCUT2D eigenvalue weighted by molar-refractivity contribution is 5.93. The number of hydrogen-bond donors (Lipinski definition) is 2. The van der Waals surface area contributed by atoms with Crippen LogP contribution in [0, 0.1) is 0 Å². The van der Waals surface area contributed by atoms with Gasteiger partial charge in [-0.1, -0.05) is 12.1 Å². The Morgan fingerprint density at radius 2 is 2.00 bits per heavy atom. The van der Waals surface area contributed by atoms with E-state index >= 15 is 0 Å². The van der Waals surface area contributed by atoms with E-state index in [1.807, 2.05) is 6.07 Å². The summed E-state index contributed by atoms with van der Waals surface area (Å²) >= 11 is 0. The van der Waals surface area contributed by atoms with Crippen LogP contribution in [-0.4, -0.2) is 39.4 Å². The lowest BCUT2D eigenvalue weighted by atomic mass is 10.1. The van der Waals surface area contributed by atoms with Crippen molar-refractivity contribution in [1.82, 2.24) is 5.43 Å². The first-order valence-electron chi connectivity index (χ1n) is 6.52. The van der Waals surface area contributed by atoms with Gasteiger partial charge in [0, 0.05) is 25.9 Å². The summed E-state index contributed by atoms with van der Waals surface area (Å²) in [4.78, 5) is 11.4. The molecule has 20 heavy (non-hydrogen) atoms. The molecule has 0 heterocycles. The molecule has 0 aliphatic rings. The number of carbonyl (C=O) groups is 1. The van der Waals surface area contributed by atoms with Crippen LogP contribution >= 0.6 is 0 Å². The number of ether oxygens (including phenoxy) is 3. The van der Waals surface area contributed by atoms with Gasteiger partial charge in [-0.3, -0.25) is 10.2 Å². The molecule has 0 spiro atoms. The van der Waals surface area contributed by atoms with E-state index in [1.54, 1.807) is 25.3 Å². The van der Waals surface area contributed by atoms with Crippen molar-refractivity contribution in [2.24, 2.45) is 5.84 Å². The van der Waals surface area contributed by atoms with Crippen LogP contribution in [0.5, 0.6) is 0 Å². The maximum Gasteiger partial charge on any atom is 0.265 e. The minimum atomic E-state index is -0.312. The summed E-state index contributed by atoms with van der Waals surface area (Å²) in [5.74, 6) is 4.78. The Labute approximate surface area is 119 Å². The molecule has 112 valence electrons. The van der Waals surface area contributed by atoms with Crippen molar-refractivity contribution in [1.29, 1.82) is 0 Å². The number of hydrogen-bond acceptors (Lipinski definition) is 5. The number of nitrogen functional groups attached to an aromatic ring is 1. The molecule has 6 nitrogen and oxygen atoms in total. The van der Waals surface area contributed by atoms with E-state index in [0.717, 1.165) is 12.0 Å². The van der Waals surface area contributed by atoms with E-state index in [1.165, 1.54) is 0 Å². The second-order valence-corrected chi connectivity index (χ2v) is 4.19. The predicted molar refractivity (Wildman–Crippen MR) is 75.1 cm³/mol. The van der Waals surface area contributed by atoms with Gasteiger partial charge in [0.1, 0.15) is 0 Å². The van der Waals surface area contributed by atoms with Gasteiger partial charge in [0.05, 0.1) is 19.8 Å². The minimum Gasteiger partial charge on any atom is -0.385 e. The highest BCUT2D eigenvalue weighted by Gasteiger charge is 2.03. The molecule has 0 aromatic heterocycles. The van der Waals surface area contributed by atoms with Crippen molar-refractivity contribution in [2.45, 2.75) is 13.0 Å². The zero-order chi connectivity index (χ0) is 14.6. The molecule has 0 bridgehead atoms. The summed E-state index contributed by atoms with van der Waals surface area (Å²) in [6.45, 7) is 2.88. The highest BCUT2D eigenvalue weighted by Crippen LogP contribution is 2.06. The lowest BCUT2D eigenvalue weighted by molar-refractivity contribution is 0.0336. The van der Waals surface area contributed by atoms with Crippen LogP contribution in [0.1, 0.15) is 22.3 Å². The lowest BCUT2D eigenvalue weighted by Gasteiger charge is -2.07. The number of benzene rings is 1. The zero-order valence-electron chi connectivity index (χ0n) is 11.8. The van der Waals surface area contributed by atoms with Gasteiger partial charge in [0.25, 0.3) is 5.91 Å². The summed E-state index contributed by atoms with van der Waals surface area (Å²) in [7, 11) is 1.67. The fourth-order valence-corrected chi connectivity index (χ4v) is 1.60. The molecule has 1 aromatic rings. The largest absolute Gasteiger partial charge is 0.385 e. The first-order valence-corrected chi connectivity index (χ1v) is 6.52. The number of carbonyl (C=O) groups excluding carboxylic acids is 1. The molecule has 0 aliphatic carbocycles. The Kier molecular flexibility index (Phi) is 8.57. The third-order valence-electron chi connectivity index (χ3n) is 2.60. The average Bonchev–Trinajstić information content (AvgIpc) is 2.49. The molecule has 0 saturated carbocycles. The molecule has 1 rings (SSSR count). The van der Waals surface area contributed by atoms with Gasteiger partial charge in [-0.15, -0.1) is 0 Å². The molecule has 0 saturated heterocycles. The predicted octanol–water partition coefficient (Wildman–Crippen LogP) is 0.860. The second-order valence-electron chi connectivity index (χ2n) is 4.19. The van der Waals surface area contributed by atoms with Crippen LogP contribution in [-0.2, 0) is 20.8 Å². The van der Waals surface area contributed by atoms with Crippen molar-refractivity contribution in [3.63, 3.8) is 0 Å². The van der Waals surface area contributed by atoms with Crippen molar-refractivity contribution >= 4 is 5.91 Å². The van der Waals surface area contributed by atoms with Gasteiger partial charge in [-0.05, 0) is 24.1 Å². The molecule has 3 N–H and O–H groups in total. The molecule has 1 amide bonds. The van der Waals surface area contributed by atoms with Crippen LogP contribution in [0.3, 0.4) is 0 Å². The maximum absolute atomic E-state index is 11.4. The molecule has 0 radical (unpaired) electrons. The summed E-state index contributed by atoms with van der Waals surface area (Å²) < 4.78 is 15.8. The highest BCUT2D eigenvalue weighted by atomic mass is 16.5. The van der Waals surface area contributed by atoms with Crippen molar-refractivity contribution in [3.8, 4) is 0 Å². The van der Waals surface area contributed by atoms with Crippen LogP contribution in [0.15, 0.2) is 24.3 Å². The Hall–Kier alpha value is -1.47. The van der Waals surface area contributed by atoms with E-state index in [0.29, 0.717) is 38.6 Å². The van der Waals surface area contributed by atoms with Gasteiger partial charge in [-0.2, -0.15) is 0 Å². The smallest absolute Gasteiger partial charge is 0.265 e. The van der Waals surface area contributed by atoms with Gasteiger partial charge in [0.2, 0.25) is 0 Å². The second kappa shape index (κ2) is 10.3. The molecule has 1 aromatic carbocycles. The van der Waals surface area contributed by atoms with Crippen LogP contribution in [0.4, 0.5) is 0 Å². The number of hydrazine groups is 1. The van der Waals surface area contributed by atoms with E-state index in [-0.39, 0.29) is 5.91 Å². The molecule has 6 heteroatoms. The molecule has 0 unspecified atom stereocenters. The number of nitrogens with two attached hydrogens (primary N) is 1. The quantitative estimate of drug-likeness (QED) is 0.288. The molecular weight excluding hydrogens is 260 g/mol. The summed E-state index contributed by atoms with van der Waals surface area (Å²) in [6.07, 6.45) is 0.882. The van der Waals surface area contributed by atoms with Crippen molar-refractivity contribution < 1.29 is 19.0 Å². The van der Waals surface area contributed by atoms with Crippen LogP contribution in [0.2, 0.25) is 0 Å². The summed E-state index contributed by atoms with van der Waals surface area (Å²) in [6, 6.07) is 7.14. The Bertz CT molecular complexity index is 399. The minimum absolute atomic E-state index is 0.312. The average molecular weight is 282 g/mol. The van der Waals surface area contributed by atoms with E-state index in [9.17, 15) is 4.79 Å². The van der Waals surface area contributed by atoms with Crippen molar-refractivity contribution in [3.05, 3.63) is 35.4 Å². The normalized spacial score (nSPS) is 10.5. The van der Waals surface area contributed by atoms with E-state index in [4.69, 9.17) is 20.1 Å². The number of methoxy groups -OCH3 is 1. The first kappa shape index (κ1) is 16.6. The van der Waals surface area contributed by atoms with Crippen molar-refractivity contribution in [2.75, 3.05) is 33.5 Å². The van der Waals surface area contributed by atoms with Gasteiger partial charge >= 0.3 is 0 Å². The third-order valence-corrected chi connectivity index (χ3v) is 2.60. The molecular formula is C14H22N2O4. The zero-order valence-corrected chi connectivity index (χ0v) is 11.8. The van der Waals surface area contributed by atoms with Gasteiger partial charge in [0.15, 0.2) is 0 Å². The molecule has 0 atom stereocenters. The van der Waals surface area contributed by atoms with Gasteiger partial charge < -0.3 is 14.2 Å². The Balaban J connectivity index is 2.17. The van der Waals surface area contributed by atoms with Gasteiger partial charge in [-0.25, -0.2) is 5.84 Å². The summed E-state index contributed by atoms with van der Waals surface area (Å²) in [5, 5.41) is 0. The Morgan fingerprint density at radius 3 is 2.75 bits per heavy atom. The van der Waals surface area contributed by atoms with Crippen LogP contribution in [0.25, 0.3) is 0 Å². The number of rotatable bonds is 10. The maximum atomic E-state index is 11.4. The standard InChI is InChI=1S/C14H22N2O4/c1-18-6-3-7-19-8-9-20-11-12-4-2-5-13(10-12)14(17)16-15/h2,4-5,10H,3,6-9,11,15H2,1H3,(H,16,17). The third kappa shape index (κ3) is 6.63. The van der Waals surface area contributed by atoms with E-state index in [2.05, 4.69) is 5.43 Å². The first-order chi connectivity index (χ1) is 9.77. The fraction of sp³-hybridized carbons (Fsp3) is 0.500. The lowest BCUT2D eigenvalue weighted by Crippen LogP contribution is -2.30. The fourth-order valence-electron chi connectivity index (χ4n) is 1.60. The SMILES string of the molecule is COCCCOCCOCc1cccc(C(=O)NN)c1. The summed E-state index contributed by atoms with van der Waals surface area (Å²) in [5.41, 5.74) is 3.54. The topological polar surface area (TPSA) is 82.8 Å². The van der Waals surface area contributed by atoms with E-state index < -0.39 is 0 Å². The monoisotopic (exact) mass is 282 g/mol. The van der Waals surface area contributed by atoms with Crippen LogP contribution < -0.4 is 11.3 Å². The number of amides is 1. The molecule has 0 fully saturated rings.